The van der Waals surface area contributed by atoms with Crippen LogP contribution in [0, 0.1) is 5.92 Å². The predicted octanol–water partition coefficient (Wildman–Crippen LogP) is 3.19. The van der Waals surface area contributed by atoms with Gasteiger partial charge in [0.2, 0.25) is 0 Å². The van der Waals surface area contributed by atoms with E-state index in [4.69, 9.17) is 16.7 Å². The van der Waals surface area contributed by atoms with Crippen LogP contribution in [0.3, 0.4) is 0 Å². The molecule has 2 amide bonds. The number of carbonyl (C=O) groups is 2. The first-order valence-electron chi connectivity index (χ1n) is 6.94. The van der Waals surface area contributed by atoms with Crippen LogP contribution in [0.5, 0.6) is 0 Å². The smallest absolute Gasteiger partial charge is 0.317 e. The highest BCUT2D eigenvalue weighted by molar-refractivity contribution is 7.16. The SMILES string of the molecule is CN(Cc1ccc(Cl)s1)C(=O)NC1CCCC(C(=O)O)C1. The number of rotatable bonds is 4. The quantitative estimate of drug-likeness (QED) is 0.890. The van der Waals surface area contributed by atoms with Crippen molar-refractivity contribution >= 4 is 34.9 Å². The highest BCUT2D eigenvalue weighted by atomic mass is 35.5. The van der Waals surface area contributed by atoms with E-state index in [1.54, 1.807) is 11.9 Å². The average Bonchev–Trinajstić information content (AvgIpc) is 2.84. The minimum atomic E-state index is -0.768. The zero-order valence-corrected chi connectivity index (χ0v) is 13.4. The Bertz CT molecular complexity index is 520. The number of halogens is 1. The number of carboxylic acids is 1. The predicted molar refractivity (Wildman–Crippen MR) is 82.7 cm³/mol. The number of nitrogens with one attached hydrogen (secondary N) is 1. The minimum absolute atomic E-state index is 0.0540. The summed E-state index contributed by atoms with van der Waals surface area (Å²) in [5, 5.41) is 12.0. The number of carboxylic acid groups (broad SMARTS) is 1. The van der Waals surface area contributed by atoms with E-state index >= 15 is 0 Å². The highest BCUT2D eigenvalue weighted by Crippen LogP contribution is 2.25. The van der Waals surface area contributed by atoms with Crippen LogP contribution >= 0.6 is 22.9 Å². The molecule has 1 aromatic rings. The van der Waals surface area contributed by atoms with Crippen molar-refractivity contribution < 1.29 is 14.7 Å². The van der Waals surface area contributed by atoms with Crippen LogP contribution in [0.25, 0.3) is 0 Å². The van der Waals surface area contributed by atoms with Gasteiger partial charge in [0.05, 0.1) is 16.8 Å². The van der Waals surface area contributed by atoms with Crippen LogP contribution in [0.4, 0.5) is 4.79 Å². The fourth-order valence-corrected chi connectivity index (χ4v) is 3.71. The van der Waals surface area contributed by atoms with E-state index in [2.05, 4.69) is 5.32 Å². The Labute approximate surface area is 132 Å². The number of hydrogen-bond acceptors (Lipinski definition) is 3. The summed E-state index contributed by atoms with van der Waals surface area (Å²) >= 11 is 7.32. The lowest BCUT2D eigenvalue weighted by Gasteiger charge is -2.29. The summed E-state index contributed by atoms with van der Waals surface area (Å²) in [5.74, 6) is -1.11. The third-order valence-corrected chi connectivity index (χ3v) is 4.94. The van der Waals surface area contributed by atoms with Crippen LogP contribution in [0.1, 0.15) is 30.6 Å². The first-order valence-corrected chi connectivity index (χ1v) is 8.14. The molecule has 1 aliphatic carbocycles. The van der Waals surface area contributed by atoms with Gasteiger partial charge >= 0.3 is 12.0 Å². The van der Waals surface area contributed by atoms with E-state index in [9.17, 15) is 9.59 Å². The number of thiophene rings is 1. The van der Waals surface area contributed by atoms with E-state index < -0.39 is 5.97 Å². The van der Waals surface area contributed by atoms with Crippen LogP contribution in [0.2, 0.25) is 4.34 Å². The molecule has 2 atom stereocenters. The normalized spacial score (nSPS) is 21.8. The van der Waals surface area contributed by atoms with Gasteiger partial charge in [-0.1, -0.05) is 18.0 Å². The van der Waals surface area contributed by atoms with E-state index in [0.29, 0.717) is 23.7 Å². The monoisotopic (exact) mass is 330 g/mol. The largest absolute Gasteiger partial charge is 0.481 e. The van der Waals surface area contributed by atoms with Gasteiger partial charge in [-0.15, -0.1) is 11.3 Å². The van der Waals surface area contributed by atoms with Gasteiger partial charge in [0.15, 0.2) is 0 Å². The standard InChI is InChI=1S/C14H19ClN2O3S/c1-17(8-11-5-6-12(15)21-11)14(20)16-10-4-2-3-9(7-10)13(18)19/h5-6,9-10H,2-4,7-8H2,1H3,(H,16,20)(H,18,19). The van der Waals surface area contributed by atoms with Gasteiger partial charge in [-0.25, -0.2) is 4.79 Å². The lowest BCUT2D eigenvalue weighted by molar-refractivity contribution is -0.143. The summed E-state index contributed by atoms with van der Waals surface area (Å²) in [5.41, 5.74) is 0. The van der Waals surface area contributed by atoms with Crippen molar-refractivity contribution in [1.82, 2.24) is 10.2 Å². The van der Waals surface area contributed by atoms with E-state index in [-0.39, 0.29) is 18.0 Å². The Morgan fingerprint density at radius 1 is 1.48 bits per heavy atom. The molecular weight excluding hydrogens is 312 g/mol. The summed E-state index contributed by atoms with van der Waals surface area (Å²) in [6.45, 7) is 0.498. The molecule has 0 bridgehead atoms. The van der Waals surface area contributed by atoms with Gasteiger partial charge in [0.1, 0.15) is 0 Å². The second-order valence-electron chi connectivity index (χ2n) is 5.41. The van der Waals surface area contributed by atoms with Crippen LogP contribution in [-0.4, -0.2) is 35.1 Å². The van der Waals surface area contributed by atoms with Crippen LogP contribution in [0.15, 0.2) is 12.1 Å². The van der Waals surface area contributed by atoms with Gasteiger partial charge in [0.25, 0.3) is 0 Å². The fraction of sp³-hybridized carbons (Fsp3) is 0.571. The molecule has 1 heterocycles. The Balaban J connectivity index is 1.84. The Kier molecular flexibility index (Phi) is 5.47. The second kappa shape index (κ2) is 7.13. The fourth-order valence-electron chi connectivity index (χ4n) is 2.57. The summed E-state index contributed by atoms with van der Waals surface area (Å²) in [6, 6.07) is 3.49. The van der Waals surface area contributed by atoms with Crippen molar-refractivity contribution in [2.45, 2.75) is 38.3 Å². The van der Waals surface area contributed by atoms with Gasteiger partial charge in [-0.2, -0.15) is 0 Å². The number of aliphatic carboxylic acids is 1. The van der Waals surface area contributed by atoms with Gasteiger partial charge in [0, 0.05) is 18.0 Å². The van der Waals surface area contributed by atoms with Crippen molar-refractivity contribution in [2.24, 2.45) is 5.92 Å². The van der Waals surface area contributed by atoms with E-state index in [1.807, 2.05) is 12.1 Å². The molecule has 0 radical (unpaired) electrons. The maximum absolute atomic E-state index is 12.1. The van der Waals surface area contributed by atoms with Crippen LogP contribution in [-0.2, 0) is 11.3 Å². The molecule has 2 rings (SSSR count). The molecule has 1 aromatic heterocycles. The summed E-state index contributed by atoms with van der Waals surface area (Å²) in [7, 11) is 1.72. The first kappa shape index (κ1) is 16.1. The third kappa shape index (κ3) is 4.61. The maximum Gasteiger partial charge on any atom is 0.317 e. The average molecular weight is 331 g/mol. The molecule has 116 valence electrons. The Morgan fingerprint density at radius 3 is 2.86 bits per heavy atom. The van der Waals surface area contributed by atoms with Gasteiger partial charge < -0.3 is 15.3 Å². The molecule has 0 spiro atoms. The molecule has 2 unspecified atom stereocenters. The van der Waals surface area contributed by atoms with Crippen molar-refractivity contribution in [3.8, 4) is 0 Å². The zero-order chi connectivity index (χ0) is 15.4. The maximum atomic E-state index is 12.1. The minimum Gasteiger partial charge on any atom is -0.481 e. The summed E-state index contributed by atoms with van der Waals surface area (Å²) < 4.78 is 0.704. The molecule has 7 heteroatoms. The molecule has 0 aliphatic heterocycles. The number of carbonyl (C=O) groups excluding carboxylic acids is 1. The van der Waals surface area contributed by atoms with Crippen molar-refractivity contribution in [3.63, 3.8) is 0 Å². The number of urea groups is 1. The topological polar surface area (TPSA) is 69.6 Å². The molecule has 1 saturated carbocycles. The molecule has 0 aromatic carbocycles. The van der Waals surface area contributed by atoms with E-state index in [0.717, 1.165) is 17.7 Å². The van der Waals surface area contributed by atoms with Crippen LogP contribution < -0.4 is 5.32 Å². The molecule has 1 aliphatic rings. The van der Waals surface area contributed by atoms with Gasteiger partial charge in [-0.05, 0) is 31.4 Å². The highest BCUT2D eigenvalue weighted by Gasteiger charge is 2.28. The number of hydrogen-bond donors (Lipinski definition) is 2. The molecule has 0 saturated heterocycles. The number of amides is 2. The number of nitrogens with zero attached hydrogens (tertiary/aromatic N) is 1. The zero-order valence-electron chi connectivity index (χ0n) is 11.8. The third-order valence-electron chi connectivity index (χ3n) is 3.72. The molecule has 5 nitrogen and oxygen atoms in total. The summed E-state index contributed by atoms with van der Waals surface area (Å²) in [6.07, 6.45) is 2.89. The molecule has 21 heavy (non-hydrogen) atoms. The second-order valence-corrected chi connectivity index (χ2v) is 7.21. The lowest BCUT2D eigenvalue weighted by atomic mass is 9.86. The van der Waals surface area contributed by atoms with E-state index in [1.165, 1.54) is 11.3 Å². The van der Waals surface area contributed by atoms with Crippen molar-refractivity contribution in [3.05, 3.63) is 21.3 Å². The van der Waals surface area contributed by atoms with Gasteiger partial charge in [-0.3, -0.25) is 4.79 Å². The molecule has 2 N–H and O–H groups in total. The molecule has 1 fully saturated rings. The molecular formula is C14H19ClN2O3S. The summed E-state index contributed by atoms with van der Waals surface area (Å²) in [4.78, 5) is 25.8. The van der Waals surface area contributed by atoms with Crippen molar-refractivity contribution in [2.75, 3.05) is 7.05 Å². The first-order chi connectivity index (χ1) is 9.95. The lowest BCUT2D eigenvalue weighted by Crippen LogP contribution is -2.45. The Morgan fingerprint density at radius 2 is 2.24 bits per heavy atom. The Hall–Kier alpha value is -1.27. The van der Waals surface area contributed by atoms with Crippen molar-refractivity contribution in [1.29, 1.82) is 0 Å².